The Labute approximate surface area is 140 Å². The average molecular weight is 330 g/mol. The number of rotatable bonds is 5. The first-order valence-electron chi connectivity index (χ1n) is 8.15. The molecule has 128 valence electrons. The molecular weight excluding hydrogens is 308 g/mol. The molecule has 1 saturated heterocycles. The number of nitrogens with zero attached hydrogens (tertiary/aromatic N) is 5. The van der Waals surface area contributed by atoms with Gasteiger partial charge in [-0.05, 0) is 19.8 Å². The summed E-state index contributed by atoms with van der Waals surface area (Å²) in [5.74, 6) is 1.79. The van der Waals surface area contributed by atoms with Crippen LogP contribution in [0.4, 0.5) is 11.6 Å². The zero-order chi connectivity index (χ0) is 16.9. The minimum atomic E-state index is -0.0705. The van der Waals surface area contributed by atoms with Gasteiger partial charge in [0.25, 0.3) is 5.56 Å². The van der Waals surface area contributed by atoms with Crippen LogP contribution >= 0.6 is 0 Å². The smallest absolute Gasteiger partial charge is 0.293 e. The van der Waals surface area contributed by atoms with Gasteiger partial charge < -0.3 is 19.5 Å². The Morgan fingerprint density at radius 2 is 2.25 bits per heavy atom. The second-order valence-corrected chi connectivity index (χ2v) is 5.77. The van der Waals surface area contributed by atoms with Gasteiger partial charge in [0.1, 0.15) is 12.1 Å². The monoisotopic (exact) mass is 330 g/mol. The van der Waals surface area contributed by atoms with Crippen LogP contribution in [0.25, 0.3) is 0 Å². The first kappa shape index (κ1) is 16.2. The predicted molar refractivity (Wildman–Crippen MR) is 91.5 cm³/mol. The molecule has 0 aromatic carbocycles. The van der Waals surface area contributed by atoms with Crippen LogP contribution in [0, 0.1) is 0 Å². The van der Waals surface area contributed by atoms with E-state index < -0.39 is 0 Å². The maximum atomic E-state index is 12.3. The van der Waals surface area contributed by atoms with Crippen LogP contribution in [-0.2, 0) is 7.05 Å². The molecule has 0 amide bonds. The van der Waals surface area contributed by atoms with Gasteiger partial charge in [-0.25, -0.2) is 15.0 Å². The van der Waals surface area contributed by atoms with Crippen molar-refractivity contribution in [2.45, 2.75) is 25.8 Å². The molecule has 1 atom stereocenters. The van der Waals surface area contributed by atoms with Crippen LogP contribution in [0.2, 0.25) is 0 Å². The van der Waals surface area contributed by atoms with Crippen LogP contribution in [0.15, 0.2) is 29.6 Å². The van der Waals surface area contributed by atoms with Crippen molar-refractivity contribution in [2.75, 3.05) is 29.9 Å². The fourth-order valence-corrected chi connectivity index (χ4v) is 2.84. The Kier molecular flexibility index (Phi) is 4.93. The van der Waals surface area contributed by atoms with Crippen LogP contribution in [0.5, 0.6) is 5.88 Å². The molecule has 1 aliphatic rings. The lowest BCUT2D eigenvalue weighted by Gasteiger charge is -2.33. The standard InChI is InChI=1S/C16H22N6O2/c1-3-24-14-9-13(18-11-19-14)20-12-5-4-7-22(10-12)15-16(23)21(2)8-6-17-15/h6,8-9,11-12H,3-5,7,10H2,1-2H3,(H,18,19,20). The molecule has 0 saturated carbocycles. The van der Waals surface area contributed by atoms with Gasteiger partial charge in [-0.1, -0.05) is 0 Å². The molecule has 2 aromatic rings. The van der Waals surface area contributed by atoms with Gasteiger partial charge in [0.2, 0.25) is 5.88 Å². The first-order chi connectivity index (χ1) is 11.7. The average Bonchev–Trinajstić information content (AvgIpc) is 2.58. The predicted octanol–water partition coefficient (Wildman–Crippen LogP) is 1.05. The van der Waals surface area contributed by atoms with Crippen LogP contribution in [0.3, 0.4) is 0 Å². The number of hydrogen-bond donors (Lipinski definition) is 1. The summed E-state index contributed by atoms with van der Waals surface area (Å²) in [6.07, 6.45) is 6.81. The molecule has 1 aliphatic heterocycles. The molecule has 3 rings (SSSR count). The molecule has 0 spiro atoms. The van der Waals surface area contributed by atoms with Gasteiger partial charge in [-0.2, -0.15) is 0 Å². The van der Waals surface area contributed by atoms with E-state index in [-0.39, 0.29) is 11.6 Å². The molecule has 24 heavy (non-hydrogen) atoms. The fourth-order valence-electron chi connectivity index (χ4n) is 2.84. The normalized spacial score (nSPS) is 17.6. The molecule has 8 nitrogen and oxygen atoms in total. The molecular formula is C16H22N6O2. The number of hydrogen-bond acceptors (Lipinski definition) is 7. The van der Waals surface area contributed by atoms with Gasteiger partial charge in [-0.15, -0.1) is 0 Å². The number of piperidine rings is 1. The number of aryl methyl sites for hydroxylation is 1. The Morgan fingerprint density at radius 3 is 3.08 bits per heavy atom. The van der Waals surface area contributed by atoms with Gasteiger partial charge >= 0.3 is 0 Å². The van der Waals surface area contributed by atoms with Gasteiger partial charge in [-0.3, -0.25) is 4.79 Å². The molecule has 1 fully saturated rings. The lowest BCUT2D eigenvalue weighted by Crippen LogP contribution is -2.45. The van der Waals surface area contributed by atoms with E-state index in [9.17, 15) is 4.79 Å². The second kappa shape index (κ2) is 7.29. The van der Waals surface area contributed by atoms with E-state index in [0.717, 1.165) is 25.2 Å². The quantitative estimate of drug-likeness (QED) is 0.877. The van der Waals surface area contributed by atoms with Crippen molar-refractivity contribution >= 4 is 11.6 Å². The number of aromatic nitrogens is 4. The third kappa shape index (κ3) is 3.64. The van der Waals surface area contributed by atoms with E-state index in [0.29, 0.717) is 24.8 Å². The van der Waals surface area contributed by atoms with Crippen molar-refractivity contribution in [1.29, 1.82) is 0 Å². The van der Waals surface area contributed by atoms with Gasteiger partial charge in [0.05, 0.1) is 6.61 Å². The van der Waals surface area contributed by atoms with Crippen molar-refractivity contribution in [1.82, 2.24) is 19.5 Å². The summed E-state index contributed by atoms with van der Waals surface area (Å²) in [5, 5.41) is 3.40. The Balaban J connectivity index is 1.71. The molecule has 0 radical (unpaired) electrons. The lowest BCUT2D eigenvalue weighted by atomic mass is 10.1. The second-order valence-electron chi connectivity index (χ2n) is 5.77. The topological polar surface area (TPSA) is 85.2 Å². The summed E-state index contributed by atoms with van der Waals surface area (Å²) in [6, 6.07) is 1.98. The van der Waals surface area contributed by atoms with Gasteiger partial charge in [0, 0.05) is 44.6 Å². The van der Waals surface area contributed by atoms with Crippen molar-refractivity contribution in [3.63, 3.8) is 0 Å². The molecule has 0 aliphatic carbocycles. The third-order valence-corrected chi connectivity index (χ3v) is 4.01. The SMILES string of the molecule is CCOc1cc(NC2CCCN(c3nccn(C)c3=O)C2)ncn1. The summed E-state index contributed by atoms with van der Waals surface area (Å²) in [4.78, 5) is 26.9. The van der Waals surface area contributed by atoms with Crippen LogP contribution in [0.1, 0.15) is 19.8 Å². The summed E-state index contributed by atoms with van der Waals surface area (Å²) in [5.41, 5.74) is -0.0705. The van der Waals surface area contributed by atoms with Crippen molar-refractivity contribution in [3.8, 4) is 5.88 Å². The Morgan fingerprint density at radius 1 is 1.38 bits per heavy atom. The minimum Gasteiger partial charge on any atom is -0.478 e. The Hall–Kier alpha value is -2.64. The summed E-state index contributed by atoms with van der Waals surface area (Å²) < 4.78 is 6.95. The molecule has 3 heterocycles. The Bertz CT molecular complexity index is 747. The van der Waals surface area contributed by atoms with E-state index in [1.54, 1.807) is 30.1 Å². The zero-order valence-corrected chi connectivity index (χ0v) is 14.0. The van der Waals surface area contributed by atoms with E-state index in [4.69, 9.17) is 4.74 Å². The van der Waals surface area contributed by atoms with E-state index in [1.807, 2.05) is 11.8 Å². The molecule has 0 bridgehead atoms. The first-order valence-corrected chi connectivity index (χ1v) is 8.15. The van der Waals surface area contributed by atoms with E-state index in [2.05, 4.69) is 20.3 Å². The summed E-state index contributed by atoms with van der Waals surface area (Å²) in [6.45, 7) is 4.02. The molecule has 2 aromatic heterocycles. The zero-order valence-electron chi connectivity index (χ0n) is 14.0. The largest absolute Gasteiger partial charge is 0.478 e. The van der Waals surface area contributed by atoms with E-state index in [1.165, 1.54) is 6.33 Å². The minimum absolute atomic E-state index is 0.0705. The highest BCUT2D eigenvalue weighted by Crippen LogP contribution is 2.19. The van der Waals surface area contributed by atoms with E-state index >= 15 is 0 Å². The highest BCUT2D eigenvalue weighted by Gasteiger charge is 2.23. The maximum absolute atomic E-state index is 12.3. The highest BCUT2D eigenvalue weighted by atomic mass is 16.5. The van der Waals surface area contributed by atoms with Crippen molar-refractivity contribution in [3.05, 3.63) is 35.1 Å². The number of anilines is 2. The van der Waals surface area contributed by atoms with Crippen molar-refractivity contribution in [2.24, 2.45) is 7.05 Å². The summed E-state index contributed by atoms with van der Waals surface area (Å²) in [7, 11) is 1.74. The highest BCUT2D eigenvalue weighted by molar-refractivity contribution is 5.41. The molecule has 1 N–H and O–H groups in total. The number of nitrogens with one attached hydrogen (secondary N) is 1. The number of ether oxygens (including phenoxy) is 1. The lowest BCUT2D eigenvalue weighted by molar-refractivity contribution is 0.326. The molecule has 8 heteroatoms. The van der Waals surface area contributed by atoms with Gasteiger partial charge in [0.15, 0.2) is 5.82 Å². The molecule has 1 unspecified atom stereocenters. The third-order valence-electron chi connectivity index (χ3n) is 4.01. The maximum Gasteiger partial charge on any atom is 0.293 e. The van der Waals surface area contributed by atoms with Crippen LogP contribution in [-0.4, -0.2) is 45.3 Å². The summed E-state index contributed by atoms with van der Waals surface area (Å²) >= 11 is 0. The van der Waals surface area contributed by atoms with Crippen LogP contribution < -0.4 is 20.5 Å². The van der Waals surface area contributed by atoms with Crippen molar-refractivity contribution < 1.29 is 4.74 Å². The fraction of sp³-hybridized carbons (Fsp3) is 0.500.